The molecule has 0 unspecified atom stereocenters. The van der Waals surface area contributed by atoms with Gasteiger partial charge in [-0.25, -0.2) is 12.7 Å². The van der Waals surface area contributed by atoms with E-state index in [2.05, 4.69) is 24.4 Å². The molecule has 134 valence electrons. The van der Waals surface area contributed by atoms with Gasteiger partial charge in [0.2, 0.25) is 15.9 Å². The van der Waals surface area contributed by atoms with Gasteiger partial charge in [-0.15, -0.1) is 0 Å². The lowest BCUT2D eigenvalue weighted by molar-refractivity contribution is -0.126. The highest BCUT2D eigenvalue weighted by atomic mass is 32.2. The number of rotatable bonds is 6. The third kappa shape index (κ3) is 4.57. The van der Waals surface area contributed by atoms with Gasteiger partial charge in [0.1, 0.15) is 0 Å². The van der Waals surface area contributed by atoms with E-state index in [-0.39, 0.29) is 23.6 Å². The lowest BCUT2D eigenvalue weighted by Gasteiger charge is -2.31. The summed E-state index contributed by atoms with van der Waals surface area (Å²) in [5.41, 5.74) is 2.33. The first-order valence-electron chi connectivity index (χ1n) is 8.74. The summed E-state index contributed by atoms with van der Waals surface area (Å²) in [4.78, 5) is 12.5. The molecule has 1 N–H and O–H groups in total. The molecular formula is C18H28N2O3S. The number of nitrogens with zero attached hydrogens (tertiary/aromatic N) is 1. The maximum Gasteiger partial charge on any atom is 0.224 e. The normalized spacial score (nSPS) is 20.5. The summed E-state index contributed by atoms with van der Waals surface area (Å²) in [6, 6.07) is 8.15. The second-order valence-electron chi connectivity index (χ2n) is 6.42. The molecule has 0 saturated carbocycles. The first-order chi connectivity index (χ1) is 11.4. The molecule has 1 heterocycles. The summed E-state index contributed by atoms with van der Waals surface area (Å²) in [5, 5.41) is 3.03. The van der Waals surface area contributed by atoms with Crippen molar-refractivity contribution in [1.29, 1.82) is 0 Å². The monoisotopic (exact) mass is 352 g/mol. The number of nitrogens with one attached hydrogen (secondary N) is 1. The molecule has 1 aromatic rings. The van der Waals surface area contributed by atoms with Gasteiger partial charge in [0.15, 0.2) is 0 Å². The van der Waals surface area contributed by atoms with Crippen LogP contribution >= 0.6 is 0 Å². The highest BCUT2D eigenvalue weighted by molar-refractivity contribution is 7.89. The van der Waals surface area contributed by atoms with Crippen LogP contribution in [0.2, 0.25) is 0 Å². The van der Waals surface area contributed by atoms with Crippen LogP contribution in [0.15, 0.2) is 24.3 Å². The fraction of sp³-hybridized carbons (Fsp3) is 0.611. The van der Waals surface area contributed by atoms with Gasteiger partial charge in [-0.1, -0.05) is 31.2 Å². The van der Waals surface area contributed by atoms with E-state index >= 15 is 0 Å². The summed E-state index contributed by atoms with van der Waals surface area (Å²) >= 11 is 0. The van der Waals surface area contributed by atoms with Crippen LogP contribution in [0, 0.1) is 5.92 Å². The fourth-order valence-corrected chi connectivity index (χ4v) is 4.23. The van der Waals surface area contributed by atoms with Gasteiger partial charge in [-0.05, 0) is 44.2 Å². The molecule has 1 fully saturated rings. The summed E-state index contributed by atoms with van der Waals surface area (Å²) in [6.45, 7) is 6.53. The number of benzene rings is 1. The van der Waals surface area contributed by atoms with E-state index in [4.69, 9.17) is 0 Å². The molecule has 0 radical (unpaired) electrons. The molecular weight excluding hydrogens is 324 g/mol. The molecule has 1 amide bonds. The predicted molar refractivity (Wildman–Crippen MR) is 96.1 cm³/mol. The van der Waals surface area contributed by atoms with Gasteiger partial charge in [-0.2, -0.15) is 0 Å². The Morgan fingerprint density at radius 3 is 2.54 bits per heavy atom. The summed E-state index contributed by atoms with van der Waals surface area (Å²) < 4.78 is 25.5. The predicted octanol–water partition coefficient (Wildman–Crippen LogP) is 2.49. The molecule has 24 heavy (non-hydrogen) atoms. The lowest BCUT2D eigenvalue weighted by Crippen LogP contribution is -2.46. The van der Waals surface area contributed by atoms with Crippen molar-refractivity contribution < 1.29 is 13.2 Å². The van der Waals surface area contributed by atoms with Gasteiger partial charge in [0, 0.05) is 13.1 Å². The third-order valence-electron chi connectivity index (χ3n) is 4.76. The zero-order chi connectivity index (χ0) is 17.7. The van der Waals surface area contributed by atoms with Gasteiger partial charge in [0.25, 0.3) is 0 Å². The maximum absolute atomic E-state index is 12.5. The number of aryl methyl sites for hydroxylation is 1. The van der Waals surface area contributed by atoms with E-state index in [1.165, 1.54) is 9.87 Å². The van der Waals surface area contributed by atoms with Crippen LogP contribution in [0.25, 0.3) is 0 Å². The highest BCUT2D eigenvalue weighted by Gasteiger charge is 2.31. The van der Waals surface area contributed by atoms with Gasteiger partial charge < -0.3 is 5.32 Å². The lowest BCUT2D eigenvalue weighted by atomic mass is 9.97. The molecule has 0 aromatic heterocycles. The smallest absolute Gasteiger partial charge is 0.224 e. The van der Waals surface area contributed by atoms with Crippen molar-refractivity contribution >= 4 is 15.9 Å². The molecule has 2 rings (SSSR count). The van der Waals surface area contributed by atoms with E-state index in [0.717, 1.165) is 24.8 Å². The number of piperidine rings is 1. The first-order valence-corrected chi connectivity index (χ1v) is 10.3. The van der Waals surface area contributed by atoms with Crippen molar-refractivity contribution in [2.75, 3.05) is 18.8 Å². The van der Waals surface area contributed by atoms with E-state index < -0.39 is 10.0 Å². The quantitative estimate of drug-likeness (QED) is 0.855. The van der Waals surface area contributed by atoms with Crippen LogP contribution in [-0.4, -0.2) is 37.5 Å². The zero-order valence-corrected chi connectivity index (χ0v) is 15.6. The molecule has 1 aromatic carbocycles. The number of sulfonamides is 1. The second-order valence-corrected chi connectivity index (χ2v) is 8.68. The van der Waals surface area contributed by atoms with Crippen LogP contribution in [-0.2, 0) is 21.2 Å². The largest absolute Gasteiger partial charge is 0.349 e. The Labute approximate surface area is 145 Å². The molecule has 1 saturated heterocycles. The molecule has 6 heteroatoms. The molecule has 0 bridgehead atoms. The summed E-state index contributed by atoms with van der Waals surface area (Å²) in [6.07, 6.45) is 2.46. The number of hydrogen-bond acceptors (Lipinski definition) is 3. The van der Waals surface area contributed by atoms with Crippen molar-refractivity contribution in [3.05, 3.63) is 35.4 Å². The molecule has 0 aliphatic carbocycles. The minimum Gasteiger partial charge on any atom is -0.349 e. The van der Waals surface area contributed by atoms with E-state index in [1.54, 1.807) is 6.92 Å². The van der Waals surface area contributed by atoms with Gasteiger partial charge >= 0.3 is 0 Å². The van der Waals surface area contributed by atoms with Crippen LogP contribution < -0.4 is 5.32 Å². The topological polar surface area (TPSA) is 66.5 Å². The second kappa shape index (κ2) is 8.12. The number of carbonyl (C=O) groups excluding carboxylic acids is 1. The van der Waals surface area contributed by atoms with Crippen molar-refractivity contribution in [1.82, 2.24) is 9.62 Å². The SMILES string of the molecule is CCc1ccc([C@H](C)NC(=O)[C@H]2CCCN(S(=O)(=O)CC)C2)cc1. The highest BCUT2D eigenvalue weighted by Crippen LogP contribution is 2.21. The molecule has 2 atom stereocenters. The first kappa shape index (κ1) is 18.9. The number of hydrogen-bond donors (Lipinski definition) is 1. The number of carbonyl (C=O) groups is 1. The zero-order valence-electron chi connectivity index (χ0n) is 14.8. The van der Waals surface area contributed by atoms with E-state index in [1.807, 2.05) is 19.1 Å². The van der Waals surface area contributed by atoms with Crippen LogP contribution in [0.1, 0.15) is 50.8 Å². The van der Waals surface area contributed by atoms with Gasteiger partial charge in [-0.3, -0.25) is 4.79 Å². The minimum absolute atomic E-state index is 0.0573. The Hall–Kier alpha value is -1.40. The maximum atomic E-state index is 12.5. The van der Waals surface area contributed by atoms with Gasteiger partial charge in [0.05, 0.1) is 17.7 Å². The Balaban J connectivity index is 1.98. The van der Waals surface area contributed by atoms with Crippen molar-refractivity contribution in [3.8, 4) is 0 Å². The summed E-state index contributed by atoms with van der Waals surface area (Å²) in [5.74, 6) is -0.239. The van der Waals surface area contributed by atoms with Crippen molar-refractivity contribution in [2.24, 2.45) is 5.92 Å². The number of amides is 1. The third-order valence-corrected chi connectivity index (χ3v) is 6.61. The standard InChI is InChI=1S/C18H28N2O3S/c1-4-15-8-10-16(11-9-15)14(3)19-18(21)17-7-6-12-20(13-17)24(22,23)5-2/h8-11,14,17H,4-7,12-13H2,1-3H3,(H,19,21)/t14-,17-/m0/s1. The molecule has 0 spiro atoms. The van der Waals surface area contributed by atoms with Crippen molar-refractivity contribution in [2.45, 2.75) is 46.1 Å². The van der Waals surface area contributed by atoms with Crippen LogP contribution in [0.4, 0.5) is 0 Å². The minimum atomic E-state index is -3.22. The Kier molecular flexibility index (Phi) is 6.40. The van der Waals surface area contributed by atoms with Crippen LogP contribution in [0.3, 0.4) is 0 Å². The Morgan fingerprint density at radius 2 is 1.96 bits per heavy atom. The molecule has 1 aliphatic heterocycles. The Bertz CT molecular complexity index is 655. The average Bonchev–Trinajstić information content (AvgIpc) is 2.61. The Morgan fingerprint density at radius 1 is 1.29 bits per heavy atom. The fourth-order valence-electron chi connectivity index (χ4n) is 3.05. The van der Waals surface area contributed by atoms with Crippen molar-refractivity contribution in [3.63, 3.8) is 0 Å². The van der Waals surface area contributed by atoms with E-state index in [9.17, 15) is 13.2 Å². The molecule has 5 nitrogen and oxygen atoms in total. The van der Waals surface area contributed by atoms with E-state index in [0.29, 0.717) is 13.1 Å². The average molecular weight is 353 g/mol. The molecule has 1 aliphatic rings. The summed E-state index contributed by atoms with van der Waals surface area (Å²) in [7, 11) is -3.22. The van der Waals surface area contributed by atoms with Crippen LogP contribution in [0.5, 0.6) is 0 Å².